The molecule has 0 unspecified atom stereocenters. The Morgan fingerprint density at radius 3 is 2.61 bits per heavy atom. The lowest BCUT2D eigenvalue weighted by molar-refractivity contribution is 0.480. The fraction of sp³-hybridized carbons (Fsp3) is 0.0769. The van der Waals surface area contributed by atoms with Gasteiger partial charge in [0.25, 0.3) is 10.8 Å². The molecule has 0 aliphatic heterocycles. The molecule has 10 heteroatoms. The molecule has 1 N–H and O–H groups in total. The predicted molar refractivity (Wildman–Crippen MR) is 141 cm³/mol. The van der Waals surface area contributed by atoms with Crippen molar-refractivity contribution < 1.29 is 4.74 Å². The molecule has 3 aromatic heterocycles. The third-order valence-electron chi connectivity index (χ3n) is 5.67. The summed E-state index contributed by atoms with van der Waals surface area (Å²) in [6.07, 6.45) is 1.62. The van der Waals surface area contributed by atoms with Crippen LogP contribution in [0.5, 0.6) is 10.9 Å². The summed E-state index contributed by atoms with van der Waals surface area (Å²) in [6, 6.07) is 22.8. The number of nitrogens with zero attached hydrogens (tertiary/aromatic N) is 5. The van der Waals surface area contributed by atoms with Gasteiger partial charge in [0.2, 0.25) is 5.62 Å². The number of hydrogen-bond acceptors (Lipinski definition) is 6. The average Bonchev–Trinajstić information content (AvgIpc) is 3.47. The Morgan fingerprint density at radius 1 is 1.06 bits per heavy atom. The van der Waals surface area contributed by atoms with E-state index in [1.54, 1.807) is 17.9 Å². The second-order valence-electron chi connectivity index (χ2n) is 8.17. The number of aromatic nitrogens is 5. The van der Waals surface area contributed by atoms with E-state index in [1.165, 1.54) is 11.3 Å². The number of hydrogen-bond donors (Lipinski definition) is 1. The van der Waals surface area contributed by atoms with E-state index in [4.69, 9.17) is 21.3 Å². The van der Waals surface area contributed by atoms with Crippen LogP contribution in [0, 0.1) is 0 Å². The molecule has 0 aliphatic rings. The summed E-state index contributed by atoms with van der Waals surface area (Å²) in [4.78, 5) is 29.4. The van der Waals surface area contributed by atoms with Gasteiger partial charge in [-0.15, -0.1) is 0 Å². The number of rotatable bonds is 5. The van der Waals surface area contributed by atoms with Gasteiger partial charge in [0.05, 0.1) is 28.8 Å². The van der Waals surface area contributed by atoms with Crippen molar-refractivity contribution in [1.82, 2.24) is 24.1 Å². The molecule has 8 nitrogen and oxygen atoms in total. The first-order valence-electron chi connectivity index (χ1n) is 11.1. The first-order chi connectivity index (χ1) is 17.5. The highest BCUT2D eigenvalue weighted by Crippen LogP contribution is 2.31. The quantitative estimate of drug-likeness (QED) is 0.333. The molecule has 0 saturated carbocycles. The van der Waals surface area contributed by atoms with Crippen molar-refractivity contribution in [2.75, 3.05) is 0 Å². The smallest absolute Gasteiger partial charge is 0.279 e. The third-order valence-corrected chi connectivity index (χ3v) is 6.84. The normalized spacial score (nSPS) is 12.0. The largest absolute Gasteiger partial charge is 0.431 e. The van der Waals surface area contributed by atoms with Gasteiger partial charge in [0, 0.05) is 12.1 Å². The Kier molecular flexibility index (Phi) is 5.63. The van der Waals surface area contributed by atoms with Crippen LogP contribution >= 0.6 is 22.9 Å². The molecule has 36 heavy (non-hydrogen) atoms. The number of fused-ring (bicyclic) bond motifs is 2. The molecule has 0 radical (unpaired) electrons. The van der Waals surface area contributed by atoms with Crippen LogP contribution in [0.15, 0.2) is 88.9 Å². The lowest BCUT2D eigenvalue weighted by Gasteiger charge is -2.09. The van der Waals surface area contributed by atoms with Gasteiger partial charge in [-0.05, 0) is 54.1 Å². The number of aromatic amines is 1. The van der Waals surface area contributed by atoms with Crippen LogP contribution in [0.25, 0.3) is 21.4 Å². The maximum Gasteiger partial charge on any atom is 0.279 e. The molecule has 6 rings (SSSR count). The summed E-state index contributed by atoms with van der Waals surface area (Å²) in [5, 5.41) is 1.23. The van der Waals surface area contributed by atoms with Crippen molar-refractivity contribution in [2.24, 2.45) is 12.0 Å². The second kappa shape index (κ2) is 9.10. The van der Waals surface area contributed by atoms with Crippen LogP contribution in [0.4, 0.5) is 5.69 Å². The molecule has 178 valence electrons. The van der Waals surface area contributed by atoms with Crippen LogP contribution < -0.4 is 15.9 Å². The van der Waals surface area contributed by atoms with Crippen molar-refractivity contribution in [2.45, 2.75) is 6.54 Å². The number of imidazole rings is 1. The maximum absolute atomic E-state index is 12.8. The molecule has 0 amide bonds. The molecule has 3 heterocycles. The van der Waals surface area contributed by atoms with Crippen molar-refractivity contribution in [3.8, 4) is 10.9 Å². The minimum Gasteiger partial charge on any atom is -0.431 e. The number of nitrogens with one attached hydrogen (secondary N) is 1. The lowest BCUT2D eigenvalue weighted by Crippen LogP contribution is -2.32. The fourth-order valence-electron chi connectivity index (χ4n) is 3.92. The third kappa shape index (κ3) is 4.30. The number of thiazole rings is 1. The predicted octanol–water partition coefficient (Wildman–Crippen LogP) is 5.40. The number of para-hydroxylation sites is 1. The molecule has 6 aromatic rings. The molecule has 0 saturated heterocycles. The van der Waals surface area contributed by atoms with Crippen LogP contribution in [-0.2, 0) is 13.6 Å². The number of aryl methyl sites for hydroxylation is 1. The molecule has 3 aromatic carbocycles. The molecular weight excluding hydrogens is 496 g/mol. The Balaban J connectivity index is 1.37. The molecular formula is C26H19ClN6O2S. The van der Waals surface area contributed by atoms with Crippen molar-refractivity contribution in [1.29, 1.82) is 0 Å². The number of ether oxygens (including phenoxy) is 1. The van der Waals surface area contributed by atoms with E-state index >= 15 is 0 Å². The lowest BCUT2D eigenvalue weighted by atomic mass is 10.2. The Labute approximate surface area is 213 Å². The fourth-order valence-corrected chi connectivity index (χ4v) is 4.88. The monoisotopic (exact) mass is 514 g/mol. The molecule has 0 fully saturated rings. The van der Waals surface area contributed by atoms with Crippen LogP contribution in [0.1, 0.15) is 5.56 Å². The molecule has 0 atom stereocenters. The minimum absolute atomic E-state index is 0.258. The van der Waals surface area contributed by atoms with E-state index < -0.39 is 0 Å². The Morgan fingerprint density at radius 2 is 1.83 bits per heavy atom. The molecule has 0 bridgehead atoms. The van der Waals surface area contributed by atoms with E-state index in [0.717, 1.165) is 15.8 Å². The number of H-pyrrole nitrogens is 1. The van der Waals surface area contributed by atoms with Crippen molar-refractivity contribution >= 4 is 50.0 Å². The zero-order chi connectivity index (χ0) is 24.6. The summed E-state index contributed by atoms with van der Waals surface area (Å²) in [5.41, 5.74) is 3.71. The van der Waals surface area contributed by atoms with Gasteiger partial charge < -0.3 is 9.30 Å². The Bertz CT molecular complexity index is 1800. The average molecular weight is 515 g/mol. The standard InChI is InChI=1S/C26H19ClN6O2S/c1-32-15-28-23-22(32)24(34)31-25(33(23)14-16-6-8-17(27)9-7-16)29-18-10-12-19(13-11-18)35-26-30-20-4-2-3-5-21(20)36-26/h2-13,15H,14H2,1H3,(H,29,31,34). The van der Waals surface area contributed by atoms with Crippen molar-refractivity contribution in [3.63, 3.8) is 0 Å². The maximum atomic E-state index is 12.8. The van der Waals surface area contributed by atoms with Crippen LogP contribution in [-0.4, -0.2) is 24.1 Å². The van der Waals surface area contributed by atoms with Gasteiger partial charge in [-0.2, -0.15) is 0 Å². The zero-order valence-corrected chi connectivity index (χ0v) is 20.6. The summed E-state index contributed by atoms with van der Waals surface area (Å²) in [6.45, 7) is 0.457. The summed E-state index contributed by atoms with van der Waals surface area (Å²) < 4.78 is 10.6. The first-order valence-corrected chi connectivity index (χ1v) is 12.3. The minimum atomic E-state index is -0.258. The van der Waals surface area contributed by atoms with Gasteiger partial charge in [-0.3, -0.25) is 14.3 Å². The summed E-state index contributed by atoms with van der Waals surface area (Å²) in [7, 11) is 1.79. The Hall–Kier alpha value is -4.21. The highest BCUT2D eigenvalue weighted by Gasteiger charge is 2.12. The van der Waals surface area contributed by atoms with Crippen LogP contribution in [0.2, 0.25) is 5.02 Å². The zero-order valence-electron chi connectivity index (χ0n) is 19.1. The summed E-state index contributed by atoms with van der Waals surface area (Å²) in [5.74, 6) is 0.649. The second-order valence-corrected chi connectivity index (χ2v) is 9.60. The summed E-state index contributed by atoms with van der Waals surface area (Å²) >= 11 is 7.55. The van der Waals surface area contributed by atoms with Gasteiger partial charge in [0.15, 0.2) is 11.2 Å². The topological polar surface area (TPSA) is 90.1 Å². The van der Waals surface area contributed by atoms with E-state index in [1.807, 2.05) is 77.4 Å². The SMILES string of the molecule is Cn1cnc2c1c(=O)[nH]/c(=N\c1ccc(Oc3nc4ccccc4s3)cc1)n2Cc1ccc(Cl)cc1. The number of halogens is 1. The van der Waals surface area contributed by atoms with Gasteiger partial charge in [-0.25, -0.2) is 15.0 Å². The van der Waals surface area contributed by atoms with E-state index in [0.29, 0.717) is 45.0 Å². The molecule has 0 spiro atoms. The van der Waals surface area contributed by atoms with E-state index in [2.05, 4.69) is 15.0 Å². The van der Waals surface area contributed by atoms with E-state index in [9.17, 15) is 4.79 Å². The highest BCUT2D eigenvalue weighted by atomic mass is 35.5. The van der Waals surface area contributed by atoms with Crippen molar-refractivity contribution in [3.05, 3.63) is 106 Å². The number of benzene rings is 3. The van der Waals surface area contributed by atoms with Crippen LogP contribution in [0.3, 0.4) is 0 Å². The molecule has 0 aliphatic carbocycles. The van der Waals surface area contributed by atoms with Gasteiger partial charge in [0.1, 0.15) is 5.75 Å². The highest BCUT2D eigenvalue weighted by molar-refractivity contribution is 7.20. The first kappa shape index (κ1) is 22.3. The van der Waals surface area contributed by atoms with E-state index in [-0.39, 0.29) is 5.56 Å². The van der Waals surface area contributed by atoms with Gasteiger partial charge >= 0.3 is 0 Å². The van der Waals surface area contributed by atoms with Gasteiger partial charge in [-0.1, -0.05) is 47.2 Å².